The number of nitrogens with zero attached hydrogens (tertiary/aromatic N) is 1. The number of hydrogen-bond donors (Lipinski definition) is 2. The second-order valence-corrected chi connectivity index (χ2v) is 7.53. The predicted molar refractivity (Wildman–Crippen MR) is 94.2 cm³/mol. The van der Waals surface area contributed by atoms with Gasteiger partial charge in [0.15, 0.2) is 0 Å². The lowest BCUT2D eigenvalue weighted by atomic mass is 10.2. The number of halogens is 1. The van der Waals surface area contributed by atoms with E-state index >= 15 is 0 Å². The van der Waals surface area contributed by atoms with Crippen LogP contribution in [0.4, 0.5) is 0 Å². The highest BCUT2D eigenvalue weighted by Gasteiger charge is 2.35. The van der Waals surface area contributed by atoms with E-state index in [1.807, 2.05) is 13.1 Å². The molecule has 1 aromatic heterocycles. The van der Waals surface area contributed by atoms with Gasteiger partial charge in [0.2, 0.25) is 5.91 Å². The Labute approximate surface area is 149 Å². The standard InChI is InChI=1S/C17H18ClN3O2S/c1-10-8-20-17(24-10)15(11-6-7-11)21-14(22)9-19-16(23)12-4-2-3-5-13(12)18/h2-5,8,11,15H,6-7,9H2,1H3,(H,19,23)(H,21,22)/t15-/m0/s1. The van der Waals surface area contributed by atoms with E-state index in [-0.39, 0.29) is 24.4 Å². The SMILES string of the molecule is Cc1cnc([C@@H](NC(=O)CNC(=O)c2ccccc2Cl)C2CC2)s1. The molecule has 2 N–H and O–H groups in total. The van der Waals surface area contributed by atoms with Gasteiger partial charge in [0, 0.05) is 11.1 Å². The van der Waals surface area contributed by atoms with Crippen LogP contribution in [-0.2, 0) is 4.79 Å². The molecule has 1 saturated carbocycles. The quantitative estimate of drug-likeness (QED) is 0.828. The van der Waals surface area contributed by atoms with Gasteiger partial charge in [0.1, 0.15) is 5.01 Å². The number of thiazole rings is 1. The average molecular weight is 364 g/mol. The molecule has 5 nitrogen and oxygen atoms in total. The molecule has 0 unspecified atom stereocenters. The second kappa shape index (κ2) is 7.32. The maximum Gasteiger partial charge on any atom is 0.253 e. The number of aryl methyl sites for hydroxylation is 1. The van der Waals surface area contributed by atoms with E-state index in [0.29, 0.717) is 16.5 Å². The number of rotatable bonds is 6. The van der Waals surface area contributed by atoms with Crippen LogP contribution in [0, 0.1) is 12.8 Å². The van der Waals surface area contributed by atoms with Crippen molar-refractivity contribution in [3.63, 3.8) is 0 Å². The van der Waals surface area contributed by atoms with E-state index < -0.39 is 0 Å². The van der Waals surface area contributed by atoms with Crippen LogP contribution in [0.3, 0.4) is 0 Å². The summed E-state index contributed by atoms with van der Waals surface area (Å²) < 4.78 is 0. The fourth-order valence-electron chi connectivity index (χ4n) is 2.45. The van der Waals surface area contributed by atoms with Gasteiger partial charge in [-0.3, -0.25) is 9.59 Å². The molecule has 1 atom stereocenters. The van der Waals surface area contributed by atoms with Gasteiger partial charge < -0.3 is 10.6 Å². The Kier molecular flexibility index (Phi) is 5.16. The number of carbonyl (C=O) groups is 2. The maximum atomic E-state index is 12.2. The van der Waals surface area contributed by atoms with Gasteiger partial charge in [-0.05, 0) is 37.8 Å². The van der Waals surface area contributed by atoms with E-state index in [0.717, 1.165) is 22.7 Å². The van der Waals surface area contributed by atoms with Crippen LogP contribution < -0.4 is 10.6 Å². The summed E-state index contributed by atoms with van der Waals surface area (Å²) in [6.45, 7) is 1.91. The van der Waals surface area contributed by atoms with Crippen molar-refractivity contribution in [1.29, 1.82) is 0 Å². The van der Waals surface area contributed by atoms with Crippen molar-refractivity contribution in [1.82, 2.24) is 15.6 Å². The van der Waals surface area contributed by atoms with Crippen molar-refractivity contribution in [2.75, 3.05) is 6.54 Å². The smallest absolute Gasteiger partial charge is 0.253 e. The van der Waals surface area contributed by atoms with E-state index in [9.17, 15) is 9.59 Å². The van der Waals surface area contributed by atoms with Gasteiger partial charge in [0.25, 0.3) is 5.91 Å². The molecular formula is C17H18ClN3O2S. The van der Waals surface area contributed by atoms with E-state index in [4.69, 9.17) is 11.6 Å². The van der Waals surface area contributed by atoms with Crippen molar-refractivity contribution in [3.05, 3.63) is 50.9 Å². The lowest BCUT2D eigenvalue weighted by Crippen LogP contribution is -2.39. The summed E-state index contributed by atoms with van der Waals surface area (Å²) in [5.74, 6) is -0.136. The zero-order valence-corrected chi connectivity index (χ0v) is 14.8. The minimum absolute atomic E-state index is 0.0617. The number of hydrogen-bond acceptors (Lipinski definition) is 4. The highest BCUT2D eigenvalue weighted by molar-refractivity contribution is 7.11. The molecule has 1 aromatic carbocycles. The van der Waals surface area contributed by atoms with Crippen molar-refractivity contribution < 1.29 is 9.59 Å². The summed E-state index contributed by atoms with van der Waals surface area (Å²) in [5, 5.41) is 6.90. The third kappa shape index (κ3) is 4.13. The lowest BCUT2D eigenvalue weighted by Gasteiger charge is -2.16. The van der Waals surface area contributed by atoms with E-state index in [2.05, 4.69) is 15.6 Å². The molecule has 1 heterocycles. The Morgan fingerprint density at radius 3 is 2.75 bits per heavy atom. The Morgan fingerprint density at radius 1 is 1.38 bits per heavy atom. The molecule has 0 radical (unpaired) electrons. The summed E-state index contributed by atoms with van der Waals surface area (Å²) in [4.78, 5) is 29.8. The zero-order valence-electron chi connectivity index (χ0n) is 13.2. The predicted octanol–water partition coefficient (Wildman–Crippen LogP) is 3.10. The average Bonchev–Trinajstić information content (AvgIpc) is 3.32. The van der Waals surface area contributed by atoms with Gasteiger partial charge in [0.05, 0.1) is 23.2 Å². The monoisotopic (exact) mass is 363 g/mol. The van der Waals surface area contributed by atoms with E-state index in [1.54, 1.807) is 35.6 Å². The van der Waals surface area contributed by atoms with Gasteiger partial charge >= 0.3 is 0 Å². The third-order valence-corrected chi connectivity index (χ3v) is 5.17. The molecule has 126 valence electrons. The van der Waals surface area contributed by atoms with E-state index in [1.165, 1.54) is 0 Å². The van der Waals surface area contributed by atoms with Crippen molar-refractivity contribution in [3.8, 4) is 0 Å². The Bertz CT molecular complexity index is 758. The summed E-state index contributed by atoms with van der Waals surface area (Å²) >= 11 is 7.58. The van der Waals surface area contributed by atoms with Crippen LogP contribution in [0.25, 0.3) is 0 Å². The summed E-state index contributed by atoms with van der Waals surface area (Å²) in [6, 6.07) is 6.69. The topological polar surface area (TPSA) is 71.1 Å². The van der Waals surface area contributed by atoms with Gasteiger partial charge in [-0.1, -0.05) is 23.7 Å². The van der Waals surface area contributed by atoms with Crippen LogP contribution in [0.5, 0.6) is 0 Å². The lowest BCUT2D eigenvalue weighted by molar-refractivity contribution is -0.121. The summed E-state index contributed by atoms with van der Waals surface area (Å²) in [6.07, 6.45) is 4.01. The maximum absolute atomic E-state index is 12.2. The van der Waals surface area contributed by atoms with Crippen LogP contribution in [0.1, 0.15) is 39.1 Å². The minimum atomic E-state index is -0.358. The zero-order chi connectivity index (χ0) is 17.1. The largest absolute Gasteiger partial charge is 0.345 e. The van der Waals surface area contributed by atoms with Crippen LogP contribution in [0.2, 0.25) is 5.02 Å². The first-order valence-corrected chi connectivity index (χ1v) is 8.98. The minimum Gasteiger partial charge on any atom is -0.345 e. The molecule has 2 amide bonds. The fraction of sp³-hybridized carbons (Fsp3) is 0.353. The molecule has 0 aliphatic heterocycles. The molecule has 3 rings (SSSR count). The van der Waals surface area contributed by atoms with Crippen LogP contribution >= 0.6 is 22.9 Å². The van der Waals surface area contributed by atoms with Crippen LogP contribution in [0.15, 0.2) is 30.5 Å². The number of carbonyl (C=O) groups excluding carboxylic acids is 2. The molecule has 1 aliphatic carbocycles. The molecule has 1 fully saturated rings. The highest BCUT2D eigenvalue weighted by atomic mass is 35.5. The van der Waals surface area contributed by atoms with Crippen molar-refractivity contribution in [2.24, 2.45) is 5.92 Å². The molecule has 1 aliphatic rings. The Balaban J connectivity index is 1.57. The summed E-state index contributed by atoms with van der Waals surface area (Å²) in [7, 11) is 0. The molecule has 0 saturated heterocycles. The third-order valence-electron chi connectivity index (χ3n) is 3.84. The van der Waals surface area contributed by atoms with Gasteiger partial charge in [-0.25, -0.2) is 4.98 Å². The molecule has 2 aromatic rings. The number of aromatic nitrogens is 1. The molecule has 24 heavy (non-hydrogen) atoms. The first kappa shape index (κ1) is 16.9. The first-order chi connectivity index (χ1) is 11.5. The normalized spacial score (nSPS) is 14.9. The number of benzene rings is 1. The molecule has 0 bridgehead atoms. The first-order valence-electron chi connectivity index (χ1n) is 7.79. The van der Waals surface area contributed by atoms with Gasteiger partial charge in [-0.2, -0.15) is 0 Å². The summed E-state index contributed by atoms with van der Waals surface area (Å²) in [5.41, 5.74) is 0.362. The van der Waals surface area contributed by atoms with Crippen LogP contribution in [-0.4, -0.2) is 23.3 Å². The molecule has 0 spiro atoms. The number of amides is 2. The Morgan fingerprint density at radius 2 is 2.12 bits per heavy atom. The van der Waals surface area contributed by atoms with Crippen molar-refractivity contribution in [2.45, 2.75) is 25.8 Å². The number of nitrogens with one attached hydrogen (secondary N) is 2. The second-order valence-electron chi connectivity index (χ2n) is 5.85. The highest BCUT2D eigenvalue weighted by Crippen LogP contribution is 2.41. The fourth-order valence-corrected chi connectivity index (χ4v) is 3.59. The molecular weight excluding hydrogens is 346 g/mol. The van der Waals surface area contributed by atoms with Crippen molar-refractivity contribution >= 4 is 34.8 Å². The molecule has 7 heteroatoms. The Hall–Kier alpha value is -1.92. The van der Waals surface area contributed by atoms with Gasteiger partial charge in [-0.15, -0.1) is 11.3 Å².